The van der Waals surface area contributed by atoms with E-state index in [-0.39, 0.29) is 33.7 Å². The van der Waals surface area contributed by atoms with Crippen LogP contribution in [0, 0.1) is 5.82 Å². The predicted octanol–water partition coefficient (Wildman–Crippen LogP) is 5.51. The second kappa shape index (κ2) is 9.55. The van der Waals surface area contributed by atoms with Crippen LogP contribution in [-0.4, -0.2) is 24.9 Å². The molecule has 0 heterocycles. The summed E-state index contributed by atoms with van der Waals surface area (Å²) in [7, 11) is 1.47. The van der Waals surface area contributed by atoms with Crippen molar-refractivity contribution in [1.29, 1.82) is 0 Å². The number of hydrogen-bond acceptors (Lipinski definition) is 4. The van der Waals surface area contributed by atoms with Gasteiger partial charge in [0.2, 0.25) is 0 Å². The molecule has 0 spiro atoms. The van der Waals surface area contributed by atoms with Gasteiger partial charge in [0.05, 0.1) is 23.8 Å². The van der Waals surface area contributed by atoms with Crippen LogP contribution < -0.4 is 14.8 Å². The molecule has 0 fully saturated rings. The lowest BCUT2D eigenvalue weighted by molar-refractivity contribution is 0.101. The summed E-state index contributed by atoms with van der Waals surface area (Å²) in [5.41, 5.74) is 0.427. The van der Waals surface area contributed by atoms with Crippen molar-refractivity contribution in [2.45, 2.75) is 39.7 Å². The molecule has 150 valence electrons. The van der Waals surface area contributed by atoms with E-state index in [4.69, 9.17) is 21.1 Å². The zero-order valence-corrected chi connectivity index (χ0v) is 17.0. The number of methoxy groups -OCH3 is 1. The van der Waals surface area contributed by atoms with Crippen molar-refractivity contribution in [2.75, 3.05) is 12.4 Å². The highest BCUT2D eigenvalue weighted by Crippen LogP contribution is 2.37. The van der Waals surface area contributed by atoms with Crippen molar-refractivity contribution in [3.8, 4) is 11.5 Å². The molecule has 0 aromatic heterocycles. The van der Waals surface area contributed by atoms with E-state index in [2.05, 4.69) is 5.32 Å². The zero-order chi connectivity index (χ0) is 20.8. The summed E-state index contributed by atoms with van der Waals surface area (Å²) in [4.78, 5) is 23.9. The summed E-state index contributed by atoms with van der Waals surface area (Å²) in [6, 6.07) is 6.89. The number of carbonyl (C=O) groups is 2. The third-order valence-electron chi connectivity index (χ3n) is 4.29. The second-order valence-corrected chi connectivity index (χ2v) is 6.66. The van der Waals surface area contributed by atoms with E-state index in [9.17, 15) is 14.0 Å². The highest BCUT2D eigenvalue weighted by atomic mass is 35.5. The first-order chi connectivity index (χ1) is 13.3. The molecule has 0 bridgehead atoms. The molecule has 1 amide bonds. The Kier molecular flexibility index (Phi) is 7.40. The Morgan fingerprint density at radius 3 is 2.39 bits per heavy atom. The molecule has 0 atom stereocenters. The van der Waals surface area contributed by atoms with Gasteiger partial charge in [-0.1, -0.05) is 25.4 Å². The van der Waals surface area contributed by atoms with Gasteiger partial charge in [0, 0.05) is 11.3 Å². The maximum atomic E-state index is 14.0. The van der Waals surface area contributed by atoms with Gasteiger partial charge in [0.15, 0.2) is 17.3 Å². The maximum Gasteiger partial charge on any atom is 0.255 e. The van der Waals surface area contributed by atoms with Crippen LogP contribution >= 0.6 is 11.6 Å². The highest BCUT2D eigenvalue weighted by molar-refractivity contribution is 6.32. The van der Waals surface area contributed by atoms with Gasteiger partial charge in [-0.05, 0) is 50.1 Å². The number of hydrogen-bond donors (Lipinski definition) is 1. The third-order valence-corrected chi connectivity index (χ3v) is 4.57. The van der Waals surface area contributed by atoms with Gasteiger partial charge in [0.25, 0.3) is 5.91 Å². The van der Waals surface area contributed by atoms with E-state index in [0.717, 1.165) is 18.9 Å². The Morgan fingerprint density at radius 2 is 1.86 bits per heavy atom. The zero-order valence-electron chi connectivity index (χ0n) is 16.3. The van der Waals surface area contributed by atoms with E-state index in [1.165, 1.54) is 32.2 Å². The number of amides is 1. The molecule has 28 heavy (non-hydrogen) atoms. The van der Waals surface area contributed by atoms with Crippen LogP contribution in [0.2, 0.25) is 5.02 Å². The molecule has 2 aromatic carbocycles. The average molecular weight is 408 g/mol. The Hall–Kier alpha value is -2.60. The van der Waals surface area contributed by atoms with Crippen molar-refractivity contribution in [3.05, 3.63) is 52.3 Å². The summed E-state index contributed by atoms with van der Waals surface area (Å²) in [6.07, 6.45) is 1.53. The Labute approximate surface area is 168 Å². The predicted molar refractivity (Wildman–Crippen MR) is 107 cm³/mol. The number of halogens is 2. The molecular weight excluding hydrogens is 385 g/mol. The monoisotopic (exact) mass is 407 g/mol. The fourth-order valence-electron chi connectivity index (χ4n) is 2.70. The van der Waals surface area contributed by atoms with Crippen LogP contribution in [0.4, 0.5) is 10.1 Å². The van der Waals surface area contributed by atoms with Crippen LogP contribution in [0.15, 0.2) is 30.3 Å². The minimum absolute atomic E-state index is 0.0358. The van der Waals surface area contributed by atoms with Crippen molar-refractivity contribution in [1.82, 2.24) is 0 Å². The number of Topliss-reactive ketones (excluding diaryl/α,β-unsaturated/α-hetero) is 1. The summed E-state index contributed by atoms with van der Waals surface area (Å²) in [6.45, 7) is 5.27. The second-order valence-electron chi connectivity index (χ2n) is 6.25. The molecule has 0 aliphatic rings. The minimum atomic E-state index is -0.698. The standard InChI is InChI=1S/C21H23ClFNO4/c1-5-15(6-2)28-19-10-13(9-17(22)20(19)27-4)21(26)24-14-7-8-16(12(3)25)18(23)11-14/h7-11,15H,5-6H2,1-4H3,(H,24,26). The van der Waals surface area contributed by atoms with Crippen molar-refractivity contribution >= 4 is 29.0 Å². The van der Waals surface area contributed by atoms with E-state index in [1.807, 2.05) is 13.8 Å². The highest BCUT2D eigenvalue weighted by Gasteiger charge is 2.19. The number of ketones is 1. The Bertz CT molecular complexity index is 881. The van der Waals surface area contributed by atoms with Crippen LogP contribution in [0.3, 0.4) is 0 Å². The molecule has 2 aromatic rings. The minimum Gasteiger partial charge on any atom is -0.491 e. The number of benzene rings is 2. The molecule has 0 aliphatic heterocycles. The van der Waals surface area contributed by atoms with Crippen LogP contribution in [0.25, 0.3) is 0 Å². The van der Waals surface area contributed by atoms with E-state index in [1.54, 1.807) is 6.07 Å². The summed E-state index contributed by atoms with van der Waals surface area (Å²) in [5.74, 6) is -0.862. The molecule has 1 N–H and O–H groups in total. The molecule has 7 heteroatoms. The number of carbonyl (C=O) groups excluding carboxylic acids is 2. The van der Waals surface area contributed by atoms with Gasteiger partial charge in [-0.25, -0.2) is 4.39 Å². The molecule has 0 aliphatic carbocycles. The number of ether oxygens (including phenoxy) is 2. The largest absolute Gasteiger partial charge is 0.491 e. The van der Waals surface area contributed by atoms with Gasteiger partial charge >= 0.3 is 0 Å². The van der Waals surface area contributed by atoms with E-state index in [0.29, 0.717) is 11.5 Å². The first-order valence-corrected chi connectivity index (χ1v) is 9.34. The number of nitrogens with one attached hydrogen (secondary N) is 1. The van der Waals surface area contributed by atoms with E-state index >= 15 is 0 Å². The lowest BCUT2D eigenvalue weighted by Crippen LogP contribution is -2.16. The molecule has 0 saturated heterocycles. The molecule has 0 saturated carbocycles. The third kappa shape index (κ3) is 5.01. The summed E-state index contributed by atoms with van der Waals surface area (Å²) >= 11 is 6.25. The Morgan fingerprint density at radius 1 is 1.18 bits per heavy atom. The maximum absolute atomic E-state index is 14.0. The van der Waals surface area contributed by atoms with Crippen LogP contribution in [0.5, 0.6) is 11.5 Å². The van der Waals surface area contributed by atoms with E-state index < -0.39 is 11.7 Å². The van der Waals surface area contributed by atoms with Crippen molar-refractivity contribution in [2.24, 2.45) is 0 Å². The molecule has 0 unspecified atom stereocenters. The first-order valence-electron chi connectivity index (χ1n) is 8.96. The Balaban J connectivity index is 2.31. The lowest BCUT2D eigenvalue weighted by atomic mass is 10.1. The average Bonchev–Trinajstić information content (AvgIpc) is 2.65. The summed E-state index contributed by atoms with van der Waals surface area (Å²) in [5, 5.41) is 2.82. The van der Waals surface area contributed by atoms with Crippen molar-refractivity contribution in [3.63, 3.8) is 0 Å². The molecule has 0 radical (unpaired) electrons. The molecular formula is C21H23ClFNO4. The first kappa shape index (κ1) is 21.7. The van der Waals surface area contributed by atoms with Crippen molar-refractivity contribution < 1.29 is 23.5 Å². The van der Waals surface area contributed by atoms with Gasteiger partial charge in [-0.3, -0.25) is 9.59 Å². The molecule has 2 rings (SSSR count). The van der Waals surface area contributed by atoms with Crippen LogP contribution in [0.1, 0.15) is 54.3 Å². The summed E-state index contributed by atoms with van der Waals surface area (Å²) < 4.78 is 25.2. The van der Waals surface area contributed by atoms with Gasteiger partial charge < -0.3 is 14.8 Å². The topological polar surface area (TPSA) is 64.6 Å². The molecule has 5 nitrogen and oxygen atoms in total. The normalized spacial score (nSPS) is 10.7. The number of anilines is 1. The van der Waals surface area contributed by atoms with Gasteiger partial charge in [0.1, 0.15) is 5.82 Å². The van der Waals surface area contributed by atoms with Gasteiger partial charge in [-0.15, -0.1) is 0 Å². The lowest BCUT2D eigenvalue weighted by Gasteiger charge is -2.19. The number of rotatable bonds is 8. The SMILES string of the molecule is CCC(CC)Oc1cc(C(=O)Nc2ccc(C(C)=O)c(F)c2)cc(Cl)c1OC. The van der Waals surface area contributed by atoms with Gasteiger partial charge in [-0.2, -0.15) is 0 Å². The quantitative estimate of drug-likeness (QED) is 0.586. The fourth-order valence-corrected chi connectivity index (χ4v) is 2.99. The fraction of sp³-hybridized carbons (Fsp3) is 0.333. The van der Waals surface area contributed by atoms with Crippen LogP contribution in [-0.2, 0) is 0 Å². The smallest absolute Gasteiger partial charge is 0.255 e.